The van der Waals surface area contributed by atoms with E-state index < -0.39 is 0 Å². The van der Waals surface area contributed by atoms with E-state index in [9.17, 15) is 0 Å². The average molecular weight is 376 g/mol. The molecule has 0 spiro atoms. The lowest BCUT2D eigenvalue weighted by Gasteiger charge is -2.36. The fraction of sp³-hybridized carbons (Fsp3) is 0.261. The number of piperazine rings is 1. The number of hydrogen-bond acceptors (Lipinski definition) is 2. The quantitative estimate of drug-likeness (QED) is 0.671. The first kappa shape index (κ1) is 18.0. The van der Waals surface area contributed by atoms with E-state index in [2.05, 4.69) is 88.8 Å². The summed E-state index contributed by atoms with van der Waals surface area (Å²) < 4.78 is 0. The number of benzene rings is 3. The van der Waals surface area contributed by atoms with Crippen LogP contribution < -0.4 is 5.32 Å². The fourth-order valence-electron chi connectivity index (χ4n) is 3.62. The van der Waals surface area contributed by atoms with Gasteiger partial charge in [0.05, 0.1) is 0 Å². The van der Waals surface area contributed by atoms with Crippen LogP contribution in [0.1, 0.15) is 11.1 Å². The molecule has 138 valence electrons. The Morgan fingerprint density at radius 2 is 1.59 bits per heavy atom. The van der Waals surface area contributed by atoms with E-state index in [1.165, 1.54) is 21.9 Å². The maximum Gasteiger partial charge on any atom is 0.173 e. The lowest BCUT2D eigenvalue weighted by molar-refractivity contribution is 0.177. The SMILES string of the molecule is Cc1ccc(NC(=S)N2CCN(Cc3cccc4ccccc34)CC2)cc1. The molecule has 0 radical (unpaired) electrons. The number of nitrogens with one attached hydrogen (secondary N) is 1. The summed E-state index contributed by atoms with van der Waals surface area (Å²) in [4.78, 5) is 4.79. The molecule has 0 atom stereocenters. The van der Waals surface area contributed by atoms with Crippen LogP contribution in [-0.2, 0) is 6.54 Å². The van der Waals surface area contributed by atoms with Gasteiger partial charge < -0.3 is 10.2 Å². The average Bonchev–Trinajstić information content (AvgIpc) is 2.70. The Morgan fingerprint density at radius 3 is 2.37 bits per heavy atom. The van der Waals surface area contributed by atoms with Crippen LogP contribution in [0.25, 0.3) is 10.8 Å². The zero-order valence-corrected chi connectivity index (χ0v) is 16.5. The summed E-state index contributed by atoms with van der Waals surface area (Å²) in [6.07, 6.45) is 0. The molecule has 27 heavy (non-hydrogen) atoms. The number of thiocarbonyl (C=S) groups is 1. The van der Waals surface area contributed by atoms with Gasteiger partial charge in [-0.15, -0.1) is 0 Å². The molecular formula is C23H25N3S. The van der Waals surface area contributed by atoms with E-state index >= 15 is 0 Å². The normalized spacial score (nSPS) is 15.1. The second kappa shape index (κ2) is 8.07. The van der Waals surface area contributed by atoms with Crippen molar-refractivity contribution >= 4 is 33.8 Å². The Hall–Kier alpha value is -2.43. The smallest absolute Gasteiger partial charge is 0.173 e. The molecule has 0 saturated carbocycles. The summed E-state index contributed by atoms with van der Waals surface area (Å²) in [7, 11) is 0. The predicted molar refractivity (Wildman–Crippen MR) is 118 cm³/mol. The van der Waals surface area contributed by atoms with Gasteiger partial charge >= 0.3 is 0 Å². The molecule has 0 aliphatic carbocycles. The monoisotopic (exact) mass is 375 g/mol. The molecule has 4 rings (SSSR count). The Kier molecular flexibility index (Phi) is 5.37. The second-order valence-corrected chi connectivity index (χ2v) is 7.58. The van der Waals surface area contributed by atoms with E-state index in [0.717, 1.165) is 43.5 Å². The minimum absolute atomic E-state index is 0.823. The molecule has 1 heterocycles. The lowest BCUT2D eigenvalue weighted by Crippen LogP contribution is -2.49. The minimum atomic E-state index is 0.823. The van der Waals surface area contributed by atoms with Crippen LogP contribution in [0.2, 0.25) is 0 Å². The molecule has 3 aromatic carbocycles. The highest BCUT2D eigenvalue weighted by molar-refractivity contribution is 7.80. The number of fused-ring (bicyclic) bond motifs is 1. The predicted octanol–water partition coefficient (Wildman–Crippen LogP) is 4.66. The van der Waals surface area contributed by atoms with Gasteiger partial charge in [-0.25, -0.2) is 0 Å². The van der Waals surface area contributed by atoms with Crippen molar-refractivity contribution in [3.63, 3.8) is 0 Å². The van der Waals surface area contributed by atoms with Gasteiger partial charge in [-0.2, -0.15) is 0 Å². The Balaban J connectivity index is 1.34. The van der Waals surface area contributed by atoms with Crippen LogP contribution in [0.5, 0.6) is 0 Å². The highest BCUT2D eigenvalue weighted by atomic mass is 32.1. The van der Waals surface area contributed by atoms with E-state index in [1.54, 1.807) is 0 Å². The van der Waals surface area contributed by atoms with Crippen LogP contribution in [0.15, 0.2) is 66.7 Å². The molecule has 0 aromatic heterocycles. The molecule has 0 unspecified atom stereocenters. The molecule has 3 aromatic rings. The molecule has 1 aliphatic heterocycles. The van der Waals surface area contributed by atoms with Gasteiger partial charge in [0.2, 0.25) is 0 Å². The van der Waals surface area contributed by atoms with Gasteiger partial charge in [-0.1, -0.05) is 60.2 Å². The van der Waals surface area contributed by atoms with Crippen LogP contribution in [0.4, 0.5) is 5.69 Å². The number of nitrogens with zero attached hydrogens (tertiary/aromatic N) is 2. The zero-order valence-electron chi connectivity index (χ0n) is 15.7. The molecule has 1 N–H and O–H groups in total. The third-order valence-electron chi connectivity index (χ3n) is 5.24. The van der Waals surface area contributed by atoms with Gasteiger partial charge in [0.25, 0.3) is 0 Å². The van der Waals surface area contributed by atoms with Crippen LogP contribution in [0, 0.1) is 6.92 Å². The van der Waals surface area contributed by atoms with Gasteiger partial charge in [-0.05, 0) is 47.6 Å². The number of hydrogen-bond donors (Lipinski definition) is 1. The van der Waals surface area contributed by atoms with E-state index in [-0.39, 0.29) is 0 Å². The zero-order chi connectivity index (χ0) is 18.6. The van der Waals surface area contributed by atoms with Crippen LogP contribution >= 0.6 is 12.2 Å². The van der Waals surface area contributed by atoms with E-state index in [1.807, 2.05) is 0 Å². The first-order valence-electron chi connectivity index (χ1n) is 9.51. The Morgan fingerprint density at radius 1 is 0.889 bits per heavy atom. The fourth-order valence-corrected chi connectivity index (χ4v) is 3.92. The van der Waals surface area contributed by atoms with E-state index in [0.29, 0.717) is 0 Å². The summed E-state index contributed by atoms with van der Waals surface area (Å²) in [5.74, 6) is 0. The molecule has 0 amide bonds. The van der Waals surface area contributed by atoms with Crippen LogP contribution in [-0.4, -0.2) is 41.1 Å². The second-order valence-electron chi connectivity index (χ2n) is 7.20. The molecule has 3 nitrogen and oxygen atoms in total. The molecule has 0 bridgehead atoms. The standard InChI is InChI=1S/C23H25N3S/c1-18-9-11-21(12-10-18)24-23(27)26-15-13-25(14-16-26)17-20-7-4-6-19-5-2-3-8-22(19)20/h2-12H,13-17H2,1H3,(H,24,27). The van der Waals surface area contributed by atoms with Crippen molar-refractivity contribution in [1.82, 2.24) is 9.80 Å². The molecule has 4 heteroatoms. The third kappa shape index (κ3) is 4.29. The Labute approximate surface area is 166 Å². The van der Waals surface area contributed by atoms with Gasteiger partial charge in [0.1, 0.15) is 0 Å². The summed E-state index contributed by atoms with van der Waals surface area (Å²) in [5, 5.41) is 6.87. The maximum atomic E-state index is 5.62. The lowest BCUT2D eigenvalue weighted by atomic mass is 10.0. The topological polar surface area (TPSA) is 18.5 Å². The maximum absolute atomic E-state index is 5.62. The largest absolute Gasteiger partial charge is 0.346 e. The summed E-state index contributed by atoms with van der Waals surface area (Å²) >= 11 is 5.62. The summed E-state index contributed by atoms with van der Waals surface area (Å²) in [5.41, 5.74) is 3.72. The Bertz CT molecular complexity index is 923. The third-order valence-corrected chi connectivity index (χ3v) is 5.60. The molecule has 1 aliphatic rings. The van der Waals surface area contributed by atoms with E-state index in [4.69, 9.17) is 12.2 Å². The van der Waals surface area contributed by atoms with Gasteiger partial charge in [0.15, 0.2) is 5.11 Å². The molecule has 1 saturated heterocycles. The minimum Gasteiger partial charge on any atom is -0.346 e. The van der Waals surface area contributed by atoms with Crippen molar-refractivity contribution in [3.05, 3.63) is 77.9 Å². The highest BCUT2D eigenvalue weighted by Crippen LogP contribution is 2.20. The van der Waals surface area contributed by atoms with Crippen molar-refractivity contribution in [3.8, 4) is 0 Å². The summed E-state index contributed by atoms with van der Waals surface area (Å²) in [6, 6.07) is 23.6. The first-order chi connectivity index (χ1) is 13.2. The first-order valence-corrected chi connectivity index (χ1v) is 9.91. The van der Waals surface area contributed by atoms with Crippen molar-refractivity contribution in [2.45, 2.75) is 13.5 Å². The van der Waals surface area contributed by atoms with Crippen molar-refractivity contribution < 1.29 is 0 Å². The number of rotatable bonds is 3. The van der Waals surface area contributed by atoms with Crippen molar-refractivity contribution in [2.75, 3.05) is 31.5 Å². The van der Waals surface area contributed by atoms with Crippen molar-refractivity contribution in [2.24, 2.45) is 0 Å². The summed E-state index contributed by atoms with van der Waals surface area (Å²) in [6.45, 7) is 7.06. The van der Waals surface area contributed by atoms with Crippen LogP contribution in [0.3, 0.4) is 0 Å². The van der Waals surface area contributed by atoms with Crippen molar-refractivity contribution in [1.29, 1.82) is 0 Å². The van der Waals surface area contributed by atoms with Gasteiger partial charge in [0, 0.05) is 38.4 Å². The molecular weight excluding hydrogens is 350 g/mol. The number of aryl methyl sites for hydroxylation is 1. The number of anilines is 1. The molecule has 1 fully saturated rings. The van der Waals surface area contributed by atoms with Gasteiger partial charge in [-0.3, -0.25) is 4.90 Å². The highest BCUT2D eigenvalue weighted by Gasteiger charge is 2.19.